The number of H-pyrrole nitrogens is 1. The summed E-state index contributed by atoms with van der Waals surface area (Å²) in [5.41, 5.74) is 2.10. The van der Waals surface area contributed by atoms with Gasteiger partial charge in [0.25, 0.3) is 11.8 Å². The number of nitrogens with zero attached hydrogens (tertiary/aromatic N) is 4. The lowest BCUT2D eigenvalue weighted by Crippen LogP contribution is -2.45. The Morgan fingerprint density at radius 3 is 2.39 bits per heavy atom. The van der Waals surface area contributed by atoms with E-state index in [9.17, 15) is 27.6 Å². The molecule has 0 unspecified atom stereocenters. The summed E-state index contributed by atoms with van der Waals surface area (Å²) in [7, 11) is 0. The number of hydrogen-bond donors (Lipinski definition) is 1. The second-order valence-electron chi connectivity index (χ2n) is 10.3. The maximum absolute atomic E-state index is 13.9. The van der Waals surface area contributed by atoms with Crippen molar-refractivity contribution >= 4 is 46.1 Å². The number of para-hydroxylation sites is 2. The molecule has 12 heteroatoms. The van der Waals surface area contributed by atoms with E-state index >= 15 is 0 Å². The minimum atomic E-state index is -4.86. The Morgan fingerprint density at radius 2 is 1.70 bits per heavy atom. The molecular weight excluding hydrogens is 575 g/mol. The van der Waals surface area contributed by atoms with Gasteiger partial charge in [-0.2, -0.15) is 5.10 Å². The van der Waals surface area contributed by atoms with E-state index in [1.165, 1.54) is 40.4 Å². The van der Waals surface area contributed by atoms with Gasteiger partial charge < -0.3 is 14.5 Å². The van der Waals surface area contributed by atoms with Crippen molar-refractivity contribution in [3.05, 3.63) is 102 Å². The summed E-state index contributed by atoms with van der Waals surface area (Å²) in [5.74, 6) is -2.27. The number of anilines is 2. The molecular formula is C32H28F3N5O4. The topological polar surface area (TPSA) is 98.8 Å². The SMILES string of the molecule is Cc1cc(OC(F)(F)F)ccc1N(C(=O)CN1C=CN(c2ccccc2)C(=O)C(=Cc2n[nH]c3ccccc23)C1=O)C(C)C. The van der Waals surface area contributed by atoms with Gasteiger partial charge in [0.15, 0.2) is 0 Å². The molecule has 3 amide bonds. The van der Waals surface area contributed by atoms with Crippen LogP contribution in [0.1, 0.15) is 25.1 Å². The molecule has 226 valence electrons. The van der Waals surface area contributed by atoms with Gasteiger partial charge >= 0.3 is 6.36 Å². The van der Waals surface area contributed by atoms with Crippen LogP contribution in [0.4, 0.5) is 24.5 Å². The molecule has 0 fully saturated rings. The van der Waals surface area contributed by atoms with Gasteiger partial charge in [0.2, 0.25) is 5.91 Å². The van der Waals surface area contributed by atoms with E-state index in [4.69, 9.17) is 0 Å². The number of ether oxygens (including phenoxy) is 1. The normalized spacial score (nSPS) is 14.9. The molecule has 1 aliphatic rings. The predicted molar refractivity (Wildman–Crippen MR) is 159 cm³/mol. The monoisotopic (exact) mass is 603 g/mol. The van der Waals surface area contributed by atoms with Crippen molar-refractivity contribution in [2.24, 2.45) is 0 Å². The summed E-state index contributed by atoms with van der Waals surface area (Å²) in [5, 5.41) is 7.87. The quantitative estimate of drug-likeness (QED) is 0.208. The van der Waals surface area contributed by atoms with Crippen LogP contribution in [0, 0.1) is 6.92 Å². The Bertz CT molecular complexity index is 1780. The van der Waals surface area contributed by atoms with Gasteiger partial charge in [-0.05, 0) is 68.8 Å². The summed E-state index contributed by atoms with van der Waals surface area (Å²) in [6.45, 7) is 4.59. The fourth-order valence-corrected chi connectivity index (χ4v) is 4.95. The number of hydrogen-bond acceptors (Lipinski definition) is 5. The number of aromatic nitrogens is 2. The minimum Gasteiger partial charge on any atom is -0.406 e. The highest BCUT2D eigenvalue weighted by Crippen LogP contribution is 2.31. The van der Waals surface area contributed by atoms with E-state index in [2.05, 4.69) is 14.9 Å². The van der Waals surface area contributed by atoms with E-state index < -0.39 is 42.4 Å². The summed E-state index contributed by atoms with van der Waals surface area (Å²) < 4.78 is 42.2. The standard InChI is InChI=1S/C32H28F3N5O4/c1-20(2)40(28-14-13-23(17-21(28)3)44-32(33,34)35)29(41)19-38-15-16-39(22-9-5-4-6-10-22)31(43)25(30(38)42)18-27-24-11-7-8-12-26(24)36-37-27/h4-18,20H,19H2,1-3H3,(H,36,37). The first-order valence-corrected chi connectivity index (χ1v) is 13.6. The highest BCUT2D eigenvalue weighted by Gasteiger charge is 2.34. The molecule has 44 heavy (non-hydrogen) atoms. The maximum Gasteiger partial charge on any atom is 0.573 e. The van der Waals surface area contributed by atoms with Gasteiger partial charge in [-0.3, -0.25) is 24.4 Å². The lowest BCUT2D eigenvalue weighted by Gasteiger charge is -2.30. The summed E-state index contributed by atoms with van der Waals surface area (Å²) in [6.07, 6.45) is -0.687. The summed E-state index contributed by atoms with van der Waals surface area (Å²) in [6, 6.07) is 19.2. The number of alkyl halides is 3. The van der Waals surface area contributed by atoms with Crippen molar-refractivity contribution in [1.29, 1.82) is 0 Å². The van der Waals surface area contributed by atoms with Crippen LogP contribution >= 0.6 is 0 Å². The molecule has 0 radical (unpaired) electrons. The van der Waals surface area contributed by atoms with Crippen LogP contribution in [0.2, 0.25) is 0 Å². The molecule has 3 aromatic carbocycles. The third kappa shape index (κ3) is 6.33. The number of benzene rings is 3. The van der Waals surface area contributed by atoms with E-state index in [1.807, 2.05) is 18.2 Å². The van der Waals surface area contributed by atoms with Gasteiger partial charge in [0.05, 0.1) is 11.2 Å². The second-order valence-corrected chi connectivity index (χ2v) is 10.3. The molecule has 1 aromatic heterocycles. The molecule has 1 aliphatic heterocycles. The number of amides is 3. The Kier molecular flexibility index (Phi) is 8.26. The molecule has 0 bridgehead atoms. The third-order valence-corrected chi connectivity index (χ3v) is 6.90. The Balaban J connectivity index is 1.51. The zero-order valence-corrected chi connectivity index (χ0v) is 24.0. The van der Waals surface area contributed by atoms with Crippen molar-refractivity contribution in [2.75, 3.05) is 16.3 Å². The van der Waals surface area contributed by atoms with Crippen molar-refractivity contribution in [3.63, 3.8) is 0 Å². The number of halogens is 3. The van der Waals surface area contributed by atoms with E-state index in [1.54, 1.807) is 57.2 Å². The number of carbonyl (C=O) groups excluding carboxylic acids is 3. The first kappa shape index (κ1) is 30.1. The molecule has 0 saturated carbocycles. The molecule has 0 spiro atoms. The van der Waals surface area contributed by atoms with E-state index in [-0.39, 0.29) is 5.57 Å². The van der Waals surface area contributed by atoms with E-state index in [0.29, 0.717) is 33.5 Å². The highest BCUT2D eigenvalue weighted by atomic mass is 19.4. The van der Waals surface area contributed by atoms with Gasteiger partial charge in [0, 0.05) is 35.2 Å². The van der Waals surface area contributed by atoms with Crippen LogP contribution in [0.25, 0.3) is 17.0 Å². The molecule has 0 aliphatic carbocycles. The number of carbonyl (C=O) groups is 3. The van der Waals surface area contributed by atoms with Gasteiger partial charge in [-0.1, -0.05) is 36.4 Å². The molecule has 9 nitrogen and oxygen atoms in total. The molecule has 2 heterocycles. The average molecular weight is 604 g/mol. The number of aryl methyl sites for hydroxylation is 1. The zero-order chi connectivity index (χ0) is 31.6. The van der Waals surface area contributed by atoms with Crippen molar-refractivity contribution < 1.29 is 32.3 Å². The Labute approximate surface area is 250 Å². The third-order valence-electron chi connectivity index (χ3n) is 6.90. The molecule has 4 aromatic rings. The largest absolute Gasteiger partial charge is 0.573 e. The maximum atomic E-state index is 13.9. The zero-order valence-electron chi connectivity index (χ0n) is 24.0. The first-order chi connectivity index (χ1) is 20.9. The van der Waals surface area contributed by atoms with Crippen LogP contribution in [0.5, 0.6) is 5.75 Å². The fourth-order valence-electron chi connectivity index (χ4n) is 4.95. The summed E-state index contributed by atoms with van der Waals surface area (Å²) in [4.78, 5) is 45.4. The van der Waals surface area contributed by atoms with E-state index in [0.717, 1.165) is 11.0 Å². The number of aromatic amines is 1. The van der Waals surface area contributed by atoms with Gasteiger partial charge in [0.1, 0.15) is 17.9 Å². The van der Waals surface area contributed by atoms with Gasteiger partial charge in [-0.25, -0.2) is 0 Å². The lowest BCUT2D eigenvalue weighted by atomic mass is 10.1. The fraction of sp³-hybridized carbons (Fsp3) is 0.188. The number of rotatable bonds is 7. The van der Waals surface area contributed by atoms with Crippen molar-refractivity contribution in [3.8, 4) is 5.75 Å². The second kappa shape index (κ2) is 12.1. The Hall–Kier alpha value is -5.39. The first-order valence-electron chi connectivity index (χ1n) is 13.6. The van der Waals surface area contributed by atoms with Crippen molar-refractivity contribution in [1.82, 2.24) is 15.1 Å². The Morgan fingerprint density at radius 1 is 1.00 bits per heavy atom. The summed E-state index contributed by atoms with van der Waals surface area (Å²) >= 11 is 0. The van der Waals surface area contributed by atoms with Crippen LogP contribution in [0.15, 0.2) is 90.8 Å². The molecule has 5 rings (SSSR count). The van der Waals surface area contributed by atoms with Crippen LogP contribution in [-0.2, 0) is 14.4 Å². The minimum absolute atomic E-state index is 0.218. The van der Waals surface area contributed by atoms with Crippen LogP contribution in [-0.4, -0.2) is 51.8 Å². The number of nitrogens with one attached hydrogen (secondary N) is 1. The molecule has 1 N–H and O–H groups in total. The highest BCUT2D eigenvalue weighted by molar-refractivity contribution is 6.28. The van der Waals surface area contributed by atoms with Crippen LogP contribution in [0.3, 0.4) is 0 Å². The lowest BCUT2D eigenvalue weighted by molar-refractivity contribution is -0.274. The predicted octanol–water partition coefficient (Wildman–Crippen LogP) is 5.94. The molecule has 0 saturated heterocycles. The van der Waals surface area contributed by atoms with Crippen molar-refractivity contribution in [2.45, 2.75) is 33.2 Å². The van der Waals surface area contributed by atoms with Gasteiger partial charge in [-0.15, -0.1) is 13.2 Å². The molecule has 0 atom stereocenters. The smallest absolute Gasteiger partial charge is 0.406 e. The van der Waals surface area contributed by atoms with Crippen LogP contribution < -0.4 is 14.5 Å². The average Bonchev–Trinajstić information content (AvgIpc) is 3.34. The number of fused-ring (bicyclic) bond motifs is 1.